The number of nitrogens with zero attached hydrogens (tertiary/aromatic N) is 1. The lowest BCUT2D eigenvalue weighted by Crippen LogP contribution is -2.29. The molecule has 0 saturated heterocycles. The SMILES string of the molecule is Nc1cccc2c1N(S(=O)(=O)c1ccccc1Br)CC2. The van der Waals surface area contributed by atoms with Gasteiger partial charge in [0.1, 0.15) is 4.90 Å². The molecule has 1 heterocycles. The van der Waals surface area contributed by atoms with Gasteiger partial charge in [0.15, 0.2) is 0 Å². The minimum absolute atomic E-state index is 0.260. The summed E-state index contributed by atoms with van der Waals surface area (Å²) in [6, 6.07) is 12.3. The van der Waals surface area contributed by atoms with Gasteiger partial charge in [0.25, 0.3) is 10.0 Å². The number of nitrogen functional groups attached to an aromatic ring is 1. The molecule has 0 saturated carbocycles. The third-order valence-corrected chi connectivity index (χ3v) is 6.20. The van der Waals surface area contributed by atoms with Gasteiger partial charge in [-0.1, -0.05) is 24.3 Å². The van der Waals surface area contributed by atoms with Crippen LogP contribution >= 0.6 is 15.9 Å². The van der Waals surface area contributed by atoms with Crippen LogP contribution in [0.3, 0.4) is 0 Å². The van der Waals surface area contributed by atoms with Gasteiger partial charge in [-0.2, -0.15) is 0 Å². The lowest BCUT2D eigenvalue weighted by atomic mass is 10.1. The van der Waals surface area contributed by atoms with E-state index in [0.29, 0.717) is 28.8 Å². The average Bonchev–Trinajstić information content (AvgIpc) is 2.85. The quantitative estimate of drug-likeness (QED) is 0.845. The molecule has 0 fully saturated rings. The zero-order valence-electron chi connectivity index (χ0n) is 10.6. The molecule has 6 heteroatoms. The first kappa shape index (κ1) is 13.5. The molecule has 0 amide bonds. The predicted octanol–water partition coefficient (Wildman–Crippen LogP) is 2.78. The van der Waals surface area contributed by atoms with E-state index in [-0.39, 0.29) is 4.90 Å². The molecule has 2 aromatic rings. The normalized spacial score (nSPS) is 14.3. The highest BCUT2D eigenvalue weighted by Gasteiger charge is 2.33. The minimum Gasteiger partial charge on any atom is -0.397 e. The van der Waals surface area contributed by atoms with Crippen molar-refractivity contribution in [3.8, 4) is 0 Å². The Morgan fingerprint density at radius 1 is 1.10 bits per heavy atom. The molecular formula is C14H13BrN2O2S. The fraction of sp³-hybridized carbons (Fsp3) is 0.143. The van der Waals surface area contributed by atoms with E-state index in [1.54, 1.807) is 30.3 Å². The summed E-state index contributed by atoms with van der Waals surface area (Å²) in [6.45, 7) is 0.424. The molecule has 2 N–H and O–H groups in total. The van der Waals surface area contributed by atoms with Crippen LogP contribution in [-0.4, -0.2) is 15.0 Å². The van der Waals surface area contributed by atoms with E-state index >= 15 is 0 Å². The van der Waals surface area contributed by atoms with Gasteiger partial charge in [0.2, 0.25) is 0 Å². The van der Waals surface area contributed by atoms with Gasteiger partial charge in [0, 0.05) is 11.0 Å². The summed E-state index contributed by atoms with van der Waals surface area (Å²) in [5.74, 6) is 0. The summed E-state index contributed by atoms with van der Waals surface area (Å²) in [4.78, 5) is 0.260. The number of benzene rings is 2. The van der Waals surface area contributed by atoms with Crippen LogP contribution in [0.25, 0.3) is 0 Å². The van der Waals surface area contributed by atoms with Crippen molar-refractivity contribution < 1.29 is 8.42 Å². The van der Waals surface area contributed by atoms with Gasteiger partial charge in [0.05, 0.1) is 11.4 Å². The molecule has 104 valence electrons. The van der Waals surface area contributed by atoms with Crippen LogP contribution in [0, 0.1) is 0 Å². The largest absolute Gasteiger partial charge is 0.397 e. The number of para-hydroxylation sites is 1. The van der Waals surface area contributed by atoms with Crippen molar-refractivity contribution in [3.63, 3.8) is 0 Å². The van der Waals surface area contributed by atoms with Crippen molar-refractivity contribution in [1.29, 1.82) is 0 Å². The number of nitrogens with two attached hydrogens (primary N) is 1. The molecule has 0 atom stereocenters. The number of anilines is 2. The number of fused-ring (bicyclic) bond motifs is 1. The summed E-state index contributed by atoms with van der Waals surface area (Å²) in [5, 5.41) is 0. The van der Waals surface area contributed by atoms with E-state index in [0.717, 1.165) is 5.56 Å². The van der Waals surface area contributed by atoms with E-state index in [4.69, 9.17) is 5.73 Å². The van der Waals surface area contributed by atoms with Crippen LogP contribution in [0.2, 0.25) is 0 Å². The fourth-order valence-corrected chi connectivity index (χ4v) is 4.96. The van der Waals surface area contributed by atoms with Crippen molar-refractivity contribution in [2.45, 2.75) is 11.3 Å². The van der Waals surface area contributed by atoms with Crippen LogP contribution in [0.5, 0.6) is 0 Å². The monoisotopic (exact) mass is 352 g/mol. The Kier molecular flexibility index (Phi) is 3.22. The van der Waals surface area contributed by atoms with Crippen LogP contribution in [-0.2, 0) is 16.4 Å². The molecule has 1 aliphatic heterocycles. The number of hydrogen-bond acceptors (Lipinski definition) is 3. The van der Waals surface area contributed by atoms with E-state index in [1.807, 2.05) is 12.1 Å². The lowest BCUT2D eigenvalue weighted by molar-refractivity contribution is 0.592. The highest BCUT2D eigenvalue weighted by Crippen LogP contribution is 2.38. The van der Waals surface area contributed by atoms with Crippen molar-refractivity contribution in [2.24, 2.45) is 0 Å². The number of hydrogen-bond donors (Lipinski definition) is 1. The second-order valence-corrected chi connectivity index (χ2v) is 7.30. The first-order valence-corrected chi connectivity index (χ1v) is 8.40. The lowest BCUT2D eigenvalue weighted by Gasteiger charge is -2.21. The Morgan fingerprint density at radius 2 is 1.85 bits per heavy atom. The topological polar surface area (TPSA) is 63.4 Å². The summed E-state index contributed by atoms with van der Waals surface area (Å²) in [6.07, 6.45) is 0.685. The van der Waals surface area contributed by atoms with Crippen LogP contribution < -0.4 is 10.0 Å². The molecule has 0 aromatic heterocycles. The summed E-state index contributed by atoms with van der Waals surface area (Å²) in [5.41, 5.74) is 8.04. The highest BCUT2D eigenvalue weighted by molar-refractivity contribution is 9.10. The molecule has 20 heavy (non-hydrogen) atoms. The Bertz CT molecular complexity index is 774. The summed E-state index contributed by atoms with van der Waals surface area (Å²) < 4.78 is 27.6. The molecule has 0 bridgehead atoms. The van der Waals surface area contributed by atoms with Gasteiger partial charge in [-0.3, -0.25) is 4.31 Å². The second-order valence-electron chi connectivity index (χ2n) is 4.61. The molecule has 1 aliphatic rings. The maximum absolute atomic E-state index is 12.8. The molecule has 0 unspecified atom stereocenters. The van der Waals surface area contributed by atoms with E-state index in [1.165, 1.54) is 4.31 Å². The summed E-state index contributed by atoms with van der Waals surface area (Å²) >= 11 is 3.30. The van der Waals surface area contributed by atoms with Gasteiger partial charge >= 0.3 is 0 Å². The van der Waals surface area contributed by atoms with Gasteiger partial charge < -0.3 is 5.73 Å². The van der Waals surface area contributed by atoms with Crippen LogP contribution in [0.4, 0.5) is 11.4 Å². The second kappa shape index (κ2) is 4.79. The number of halogens is 1. The van der Waals surface area contributed by atoms with Crippen molar-refractivity contribution in [2.75, 3.05) is 16.6 Å². The Balaban J connectivity index is 2.15. The zero-order chi connectivity index (χ0) is 14.3. The maximum Gasteiger partial charge on any atom is 0.265 e. The van der Waals surface area contributed by atoms with Crippen molar-refractivity contribution in [3.05, 3.63) is 52.5 Å². The van der Waals surface area contributed by atoms with Crippen LogP contribution in [0.1, 0.15) is 5.56 Å². The molecule has 0 spiro atoms. The molecule has 0 aliphatic carbocycles. The van der Waals surface area contributed by atoms with E-state index in [9.17, 15) is 8.42 Å². The standard InChI is InChI=1S/C14H13BrN2O2S/c15-11-5-1-2-7-13(11)20(18,19)17-9-8-10-4-3-6-12(16)14(10)17/h1-7H,8-9,16H2. The Morgan fingerprint density at radius 3 is 2.60 bits per heavy atom. The predicted molar refractivity (Wildman–Crippen MR) is 83.2 cm³/mol. The number of sulfonamides is 1. The van der Waals surface area contributed by atoms with Crippen molar-refractivity contribution in [1.82, 2.24) is 0 Å². The maximum atomic E-state index is 12.8. The minimum atomic E-state index is -3.60. The molecule has 4 nitrogen and oxygen atoms in total. The molecule has 3 rings (SSSR count). The third-order valence-electron chi connectivity index (χ3n) is 3.39. The van der Waals surface area contributed by atoms with Gasteiger partial charge in [-0.15, -0.1) is 0 Å². The van der Waals surface area contributed by atoms with Crippen LogP contribution in [0.15, 0.2) is 51.8 Å². The Labute approximate surface area is 126 Å². The van der Waals surface area contributed by atoms with E-state index in [2.05, 4.69) is 15.9 Å². The summed E-state index contributed by atoms with van der Waals surface area (Å²) in [7, 11) is -3.60. The molecule has 0 radical (unpaired) electrons. The first-order chi connectivity index (χ1) is 9.51. The zero-order valence-corrected chi connectivity index (χ0v) is 13.0. The third kappa shape index (κ3) is 1.99. The number of rotatable bonds is 2. The van der Waals surface area contributed by atoms with Gasteiger partial charge in [-0.05, 0) is 46.1 Å². The smallest absolute Gasteiger partial charge is 0.265 e. The molecular weight excluding hydrogens is 340 g/mol. The van der Waals surface area contributed by atoms with E-state index < -0.39 is 10.0 Å². The fourth-order valence-electron chi connectivity index (χ4n) is 2.46. The Hall–Kier alpha value is -1.53. The molecule has 2 aromatic carbocycles. The average molecular weight is 353 g/mol. The van der Waals surface area contributed by atoms with Gasteiger partial charge in [-0.25, -0.2) is 8.42 Å². The highest BCUT2D eigenvalue weighted by atomic mass is 79.9. The first-order valence-electron chi connectivity index (χ1n) is 6.16. The van der Waals surface area contributed by atoms with Crippen molar-refractivity contribution >= 4 is 37.3 Å².